The van der Waals surface area contributed by atoms with E-state index in [0.717, 1.165) is 37.7 Å². The summed E-state index contributed by atoms with van der Waals surface area (Å²) in [4.78, 5) is 95.7. The second kappa shape index (κ2) is 20.5. The van der Waals surface area contributed by atoms with Crippen molar-refractivity contribution in [3.63, 3.8) is 0 Å². The summed E-state index contributed by atoms with van der Waals surface area (Å²) in [7, 11) is 0. The van der Waals surface area contributed by atoms with Crippen molar-refractivity contribution in [3.8, 4) is 0 Å². The van der Waals surface area contributed by atoms with Crippen LogP contribution in [0.4, 0.5) is 0 Å². The fraction of sp³-hybridized carbons (Fsp3) is 0.568. The number of nitrogens with zero attached hydrogens (tertiary/aromatic N) is 1. The molecule has 0 spiro atoms. The number of ether oxygens (including phenoxy) is 1. The molecule has 1 unspecified atom stereocenters. The van der Waals surface area contributed by atoms with E-state index in [-0.39, 0.29) is 68.1 Å². The number of primary amides is 1. The first-order chi connectivity index (χ1) is 26.5. The molecule has 0 bridgehead atoms. The molecule has 5 atom stereocenters. The molecule has 1 saturated carbocycles. The van der Waals surface area contributed by atoms with Crippen LogP contribution in [0.15, 0.2) is 60.7 Å². The van der Waals surface area contributed by atoms with E-state index >= 15 is 0 Å². The van der Waals surface area contributed by atoms with Crippen LogP contribution in [-0.4, -0.2) is 76.2 Å². The van der Waals surface area contributed by atoms with Gasteiger partial charge in [-0.05, 0) is 63.0 Å². The van der Waals surface area contributed by atoms with Crippen LogP contribution >= 0.6 is 0 Å². The summed E-state index contributed by atoms with van der Waals surface area (Å²) in [6.07, 6.45) is 3.59. The number of likely N-dealkylation sites (tertiary alicyclic amines) is 1. The van der Waals surface area contributed by atoms with Gasteiger partial charge in [0.15, 0.2) is 11.6 Å². The minimum absolute atomic E-state index is 0.0381. The Morgan fingerprint density at radius 1 is 0.839 bits per heavy atom. The molecule has 1 heterocycles. The lowest BCUT2D eigenvalue weighted by molar-refractivity contribution is -0.144. The Balaban J connectivity index is 1.50. The van der Waals surface area contributed by atoms with Crippen molar-refractivity contribution in [2.24, 2.45) is 23.5 Å². The first-order valence-electron chi connectivity index (χ1n) is 20.1. The van der Waals surface area contributed by atoms with Crippen molar-refractivity contribution in [1.82, 2.24) is 15.5 Å². The van der Waals surface area contributed by atoms with E-state index in [4.69, 9.17) is 10.5 Å². The minimum Gasteiger partial charge on any atom is -0.371 e. The topological polar surface area (TPSA) is 182 Å². The molecule has 2 aromatic rings. The fourth-order valence-electron chi connectivity index (χ4n) is 7.97. The van der Waals surface area contributed by atoms with E-state index in [1.165, 1.54) is 4.90 Å². The Bertz CT molecular complexity index is 1680. The lowest BCUT2D eigenvalue weighted by atomic mass is 9.82. The predicted octanol–water partition coefficient (Wildman–Crippen LogP) is 4.96. The van der Waals surface area contributed by atoms with E-state index in [9.17, 15) is 33.6 Å². The summed E-state index contributed by atoms with van der Waals surface area (Å²) in [5.74, 6) is -4.98. The number of carbonyl (C=O) groups excluding carboxylic acids is 7. The first kappa shape index (κ1) is 44.0. The number of hydrogen-bond acceptors (Lipinski definition) is 8. The van der Waals surface area contributed by atoms with Gasteiger partial charge in [0.25, 0.3) is 0 Å². The molecule has 2 fully saturated rings. The highest BCUT2D eigenvalue weighted by molar-refractivity contribution is 6.38. The van der Waals surface area contributed by atoms with Crippen LogP contribution in [0, 0.1) is 17.8 Å². The Labute approximate surface area is 331 Å². The number of nitrogens with one attached hydrogen (secondary N) is 2. The van der Waals surface area contributed by atoms with Gasteiger partial charge in [-0.25, -0.2) is 0 Å². The van der Waals surface area contributed by atoms with Gasteiger partial charge in [0.05, 0.1) is 24.2 Å². The molecule has 4 rings (SSSR count). The van der Waals surface area contributed by atoms with Gasteiger partial charge in [-0.15, -0.1) is 0 Å². The molecule has 12 nitrogen and oxygen atoms in total. The molecule has 4 N–H and O–H groups in total. The van der Waals surface area contributed by atoms with E-state index in [1.54, 1.807) is 30.3 Å². The minimum atomic E-state index is -1.10. The molecule has 12 heteroatoms. The number of hydrogen-bond donors (Lipinski definition) is 3. The van der Waals surface area contributed by atoms with Gasteiger partial charge < -0.3 is 26.0 Å². The van der Waals surface area contributed by atoms with Gasteiger partial charge in [-0.1, -0.05) is 93.8 Å². The van der Waals surface area contributed by atoms with Crippen LogP contribution in [0.3, 0.4) is 0 Å². The molecule has 1 aliphatic heterocycles. The standard InChI is InChI=1S/C44H60N4O8/c1-28(2)23-32(41(53)35(49)21-22-37(51)46-39(42(45)54)30-17-11-7-12-18-30)25-36(50)34-26-33(56-44(3,4)5)27-48(34)43(55)40(31-19-13-8-14-20-31)47-38(52)24-29-15-9-6-10-16-29/h6-7,9-12,15-18,28,31-34,39-40H,8,13-14,19-27H2,1-5H3,(H2,45,54)(H,46,51)(H,47,52)/t32?,33-,34+,39+,40+/m1/s1. The van der Waals surface area contributed by atoms with E-state index in [2.05, 4.69) is 10.6 Å². The van der Waals surface area contributed by atoms with Crippen LogP contribution in [0.5, 0.6) is 0 Å². The lowest BCUT2D eigenvalue weighted by Crippen LogP contribution is -2.55. The molecule has 304 valence electrons. The third-order valence-corrected chi connectivity index (χ3v) is 10.5. The molecule has 0 radical (unpaired) electrons. The molecular formula is C44H60N4O8. The zero-order valence-corrected chi connectivity index (χ0v) is 33.6. The van der Waals surface area contributed by atoms with Crippen molar-refractivity contribution in [1.29, 1.82) is 0 Å². The summed E-state index contributed by atoms with van der Waals surface area (Å²) in [5, 5.41) is 5.59. The third kappa shape index (κ3) is 13.2. The van der Waals surface area contributed by atoms with Crippen LogP contribution in [0.25, 0.3) is 0 Å². The van der Waals surface area contributed by atoms with Gasteiger partial charge in [-0.3, -0.25) is 33.6 Å². The van der Waals surface area contributed by atoms with Crippen molar-refractivity contribution < 1.29 is 38.3 Å². The number of Topliss-reactive ketones (excluding diaryl/α,β-unsaturated/α-hetero) is 3. The maximum Gasteiger partial charge on any atom is 0.246 e. The number of amides is 4. The summed E-state index contributed by atoms with van der Waals surface area (Å²) in [5.41, 5.74) is 6.27. The molecular weight excluding hydrogens is 713 g/mol. The number of ketones is 3. The van der Waals surface area contributed by atoms with E-state index < -0.39 is 65.6 Å². The highest BCUT2D eigenvalue weighted by Crippen LogP contribution is 2.32. The normalized spacial score (nSPS) is 19.1. The molecule has 0 aromatic heterocycles. The quantitative estimate of drug-likeness (QED) is 0.168. The Morgan fingerprint density at radius 2 is 1.46 bits per heavy atom. The van der Waals surface area contributed by atoms with Crippen molar-refractivity contribution in [2.45, 2.75) is 135 Å². The zero-order valence-electron chi connectivity index (χ0n) is 33.6. The Morgan fingerprint density at radius 3 is 2.05 bits per heavy atom. The van der Waals surface area contributed by atoms with E-state index in [1.807, 2.05) is 65.0 Å². The second-order valence-electron chi connectivity index (χ2n) is 16.8. The van der Waals surface area contributed by atoms with Crippen LogP contribution in [0.1, 0.15) is 116 Å². The maximum atomic E-state index is 14.6. The second-order valence-corrected chi connectivity index (χ2v) is 16.8. The monoisotopic (exact) mass is 772 g/mol. The maximum absolute atomic E-state index is 14.6. The zero-order chi connectivity index (χ0) is 41.0. The highest BCUT2D eigenvalue weighted by atomic mass is 16.5. The van der Waals surface area contributed by atoms with Crippen LogP contribution in [-0.2, 0) is 44.7 Å². The smallest absolute Gasteiger partial charge is 0.246 e. The Kier molecular flexibility index (Phi) is 16.1. The molecule has 1 saturated heterocycles. The molecule has 1 aliphatic carbocycles. The predicted molar refractivity (Wildman–Crippen MR) is 212 cm³/mol. The number of carbonyl (C=O) groups is 7. The molecule has 56 heavy (non-hydrogen) atoms. The van der Waals surface area contributed by atoms with Gasteiger partial charge in [0.1, 0.15) is 12.1 Å². The number of rotatable bonds is 19. The SMILES string of the molecule is CC(C)CC(CC(=O)[C@@H]1C[C@@H](OC(C)(C)C)CN1C(=O)[C@@H](NC(=O)Cc1ccccc1)C1CCCCC1)C(=O)C(=O)CCC(=O)N[C@H](C(N)=O)c1ccccc1. The molecule has 4 amide bonds. The van der Waals surface area contributed by atoms with Crippen molar-refractivity contribution in [3.05, 3.63) is 71.8 Å². The van der Waals surface area contributed by atoms with E-state index in [0.29, 0.717) is 5.56 Å². The summed E-state index contributed by atoms with van der Waals surface area (Å²) < 4.78 is 6.30. The van der Waals surface area contributed by atoms with Crippen LogP contribution < -0.4 is 16.4 Å². The average Bonchev–Trinajstić information content (AvgIpc) is 3.57. The third-order valence-electron chi connectivity index (χ3n) is 10.5. The van der Waals surface area contributed by atoms with Crippen LogP contribution in [0.2, 0.25) is 0 Å². The number of benzene rings is 2. The van der Waals surface area contributed by atoms with Gasteiger partial charge in [0, 0.05) is 38.1 Å². The van der Waals surface area contributed by atoms with Gasteiger partial charge >= 0.3 is 0 Å². The van der Waals surface area contributed by atoms with Gasteiger partial charge in [0.2, 0.25) is 29.4 Å². The number of nitrogens with two attached hydrogens (primary N) is 1. The molecule has 2 aromatic carbocycles. The van der Waals surface area contributed by atoms with Crippen molar-refractivity contribution in [2.75, 3.05) is 6.54 Å². The lowest BCUT2D eigenvalue weighted by Gasteiger charge is -2.35. The molecule has 2 aliphatic rings. The largest absolute Gasteiger partial charge is 0.371 e. The average molecular weight is 773 g/mol. The fourth-order valence-corrected chi connectivity index (χ4v) is 7.97. The van der Waals surface area contributed by atoms with Crippen molar-refractivity contribution >= 4 is 41.0 Å². The Hall–Kier alpha value is -4.71. The summed E-state index contributed by atoms with van der Waals surface area (Å²) >= 11 is 0. The van der Waals surface area contributed by atoms with Gasteiger partial charge in [-0.2, -0.15) is 0 Å². The first-order valence-corrected chi connectivity index (χ1v) is 20.1. The summed E-state index contributed by atoms with van der Waals surface area (Å²) in [6, 6.07) is 14.9. The highest BCUT2D eigenvalue weighted by Gasteiger charge is 2.46. The summed E-state index contributed by atoms with van der Waals surface area (Å²) in [6.45, 7) is 9.64.